The lowest BCUT2D eigenvalue weighted by Crippen LogP contribution is -2.39. The first-order valence-corrected chi connectivity index (χ1v) is 6.98. The average molecular weight is 292 g/mol. The van der Waals surface area contributed by atoms with Gasteiger partial charge in [0.15, 0.2) is 0 Å². The van der Waals surface area contributed by atoms with Crippen LogP contribution in [0.4, 0.5) is 4.39 Å². The summed E-state index contributed by atoms with van der Waals surface area (Å²) in [7, 11) is 0. The molecule has 1 aliphatic rings. The molecule has 3 nitrogen and oxygen atoms in total. The Kier molecular flexibility index (Phi) is 4.56. The van der Waals surface area contributed by atoms with E-state index in [2.05, 4.69) is 13.2 Å². The number of allylic oxidation sites excluding steroid dienone is 1. The number of hydrogen-bond acceptors (Lipinski definition) is 3. The Morgan fingerprint density at radius 1 is 1.29 bits per heavy atom. The maximum atomic E-state index is 13.5. The van der Waals surface area contributed by atoms with E-state index in [4.69, 9.17) is 14.2 Å². The van der Waals surface area contributed by atoms with Crippen LogP contribution in [0.3, 0.4) is 0 Å². The van der Waals surface area contributed by atoms with Crippen LogP contribution in [-0.2, 0) is 4.74 Å². The number of alkyl halides is 1. The highest BCUT2D eigenvalue weighted by atomic mass is 19.2. The summed E-state index contributed by atoms with van der Waals surface area (Å²) in [5.41, 5.74) is 0. The highest BCUT2D eigenvalue weighted by molar-refractivity contribution is 5.33. The number of hydrogen-bond donors (Lipinski definition) is 0. The average Bonchev–Trinajstić information content (AvgIpc) is 2.34. The molecule has 1 aromatic rings. The Labute approximate surface area is 125 Å². The van der Waals surface area contributed by atoms with Gasteiger partial charge in [0.25, 0.3) is 0 Å². The molecular formula is C17H21FO3. The van der Waals surface area contributed by atoms with Crippen molar-refractivity contribution in [2.45, 2.75) is 44.8 Å². The summed E-state index contributed by atoms with van der Waals surface area (Å²) < 4.78 is 30.0. The Morgan fingerprint density at radius 2 is 1.95 bits per heavy atom. The second-order valence-corrected chi connectivity index (χ2v) is 5.56. The van der Waals surface area contributed by atoms with E-state index in [0.29, 0.717) is 17.3 Å². The molecule has 1 saturated carbocycles. The predicted octanol–water partition coefficient (Wildman–Crippen LogP) is 4.40. The van der Waals surface area contributed by atoms with Crippen molar-refractivity contribution >= 4 is 0 Å². The third-order valence-corrected chi connectivity index (χ3v) is 3.07. The SMILES string of the molecule is C=CC(=C)OC1CC(Oc2cccc(OC(C)(C)F)c2)C1. The van der Waals surface area contributed by atoms with Crippen LogP contribution >= 0.6 is 0 Å². The normalized spacial score (nSPS) is 21.1. The third-order valence-electron chi connectivity index (χ3n) is 3.07. The summed E-state index contributed by atoms with van der Waals surface area (Å²) in [4.78, 5) is 0. The van der Waals surface area contributed by atoms with Gasteiger partial charge in [0, 0.05) is 32.8 Å². The van der Waals surface area contributed by atoms with Crippen LogP contribution in [0.15, 0.2) is 49.3 Å². The van der Waals surface area contributed by atoms with E-state index in [1.165, 1.54) is 13.8 Å². The highest BCUT2D eigenvalue weighted by Gasteiger charge is 2.32. The zero-order chi connectivity index (χ0) is 15.5. The predicted molar refractivity (Wildman–Crippen MR) is 80.1 cm³/mol. The van der Waals surface area contributed by atoms with Crippen molar-refractivity contribution in [3.8, 4) is 11.5 Å². The maximum absolute atomic E-state index is 13.5. The molecular weight excluding hydrogens is 271 g/mol. The second-order valence-electron chi connectivity index (χ2n) is 5.56. The van der Waals surface area contributed by atoms with Crippen LogP contribution in [0.25, 0.3) is 0 Å². The largest absolute Gasteiger partial charge is 0.491 e. The summed E-state index contributed by atoms with van der Waals surface area (Å²) >= 11 is 0. The first-order valence-electron chi connectivity index (χ1n) is 6.98. The summed E-state index contributed by atoms with van der Waals surface area (Å²) in [6, 6.07) is 7.00. The van der Waals surface area contributed by atoms with E-state index in [1.54, 1.807) is 24.3 Å². The fourth-order valence-corrected chi connectivity index (χ4v) is 2.06. The minimum absolute atomic E-state index is 0.0984. The van der Waals surface area contributed by atoms with Gasteiger partial charge in [-0.15, -0.1) is 0 Å². The Bertz CT molecular complexity index is 513. The van der Waals surface area contributed by atoms with Crippen molar-refractivity contribution in [2.75, 3.05) is 0 Å². The Morgan fingerprint density at radius 3 is 2.57 bits per heavy atom. The van der Waals surface area contributed by atoms with Crippen LogP contribution in [0.1, 0.15) is 26.7 Å². The van der Waals surface area contributed by atoms with Crippen molar-refractivity contribution in [3.63, 3.8) is 0 Å². The van der Waals surface area contributed by atoms with Crippen LogP contribution in [0.5, 0.6) is 11.5 Å². The van der Waals surface area contributed by atoms with Gasteiger partial charge in [0.2, 0.25) is 5.85 Å². The van der Waals surface area contributed by atoms with Gasteiger partial charge in [-0.05, 0) is 18.2 Å². The van der Waals surface area contributed by atoms with Crippen molar-refractivity contribution in [1.82, 2.24) is 0 Å². The number of ether oxygens (including phenoxy) is 3. The molecule has 0 aliphatic heterocycles. The molecule has 1 fully saturated rings. The molecule has 0 spiro atoms. The van der Waals surface area contributed by atoms with Crippen LogP contribution < -0.4 is 9.47 Å². The summed E-state index contributed by atoms with van der Waals surface area (Å²) in [5, 5.41) is 0. The lowest BCUT2D eigenvalue weighted by molar-refractivity contribution is -0.0301. The fourth-order valence-electron chi connectivity index (χ4n) is 2.06. The van der Waals surface area contributed by atoms with E-state index in [-0.39, 0.29) is 12.2 Å². The van der Waals surface area contributed by atoms with E-state index in [1.807, 2.05) is 6.07 Å². The number of rotatable bonds is 7. The molecule has 21 heavy (non-hydrogen) atoms. The van der Waals surface area contributed by atoms with Crippen molar-refractivity contribution in [3.05, 3.63) is 49.3 Å². The molecule has 1 aliphatic carbocycles. The van der Waals surface area contributed by atoms with Gasteiger partial charge in [-0.2, -0.15) is 4.39 Å². The third kappa shape index (κ3) is 4.81. The molecule has 1 aromatic carbocycles. The molecule has 0 atom stereocenters. The fraction of sp³-hybridized carbons (Fsp3) is 0.412. The van der Waals surface area contributed by atoms with E-state index in [0.717, 1.165) is 12.8 Å². The van der Waals surface area contributed by atoms with E-state index >= 15 is 0 Å². The molecule has 0 radical (unpaired) electrons. The summed E-state index contributed by atoms with van der Waals surface area (Å²) in [6.07, 6.45) is 3.42. The van der Waals surface area contributed by atoms with Crippen molar-refractivity contribution in [2.24, 2.45) is 0 Å². The number of benzene rings is 1. The lowest BCUT2D eigenvalue weighted by atomic mass is 9.92. The van der Waals surface area contributed by atoms with E-state index in [9.17, 15) is 4.39 Å². The first-order chi connectivity index (χ1) is 9.85. The first kappa shape index (κ1) is 15.4. The molecule has 4 heteroatoms. The van der Waals surface area contributed by atoms with Crippen molar-refractivity contribution in [1.29, 1.82) is 0 Å². The minimum Gasteiger partial charge on any atom is -0.491 e. The van der Waals surface area contributed by atoms with Crippen LogP contribution in [0, 0.1) is 0 Å². The van der Waals surface area contributed by atoms with Gasteiger partial charge in [-0.25, -0.2) is 0 Å². The second kappa shape index (κ2) is 6.20. The molecule has 0 heterocycles. The Hall–Kier alpha value is -1.97. The van der Waals surface area contributed by atoms with Gasteiger partial charge in [-0.1, -0.05) is 19.2 Å². The van der Waals surface area contributed by atoms with E-state index < -0.39 is 5.85 Å². The molecule has 0 bridgehead atoms. The topological polar surface area (TPSA) is 27.7 Å². The maximum Gasteiger partial charge on any atom is 0.242 e. The quantitative estimate of drug-likeness (QED) is 0.551. The zero-order valence-electron chi connectivity index (χ0n) is 12.5. The van der Waals surface area contributed by atoms with Gasteiger partial charge in [0.1, 0.15) is 29.5 Å². The van der Waals surface area contributed by atoms with Gasteiger partial charge in [-0.3, -0.25) is 0 Å². The lowest BCUT2D eigenvalue weighted by Gasteiger charge is -2.35. The summed E-state index contributed by atoms with van der Waals surface area (Å²) in [6.45, 7) is 10.0. The molecule has 0 amide bonds. The molecule has 0 unspecified atom stereocenters. The zero-order valence-corrected chi connectivity index (χ0v) is 12.5. The standard InChI is InChI=1S/C17H21FO3/c1-5-12(2)19-15-10-16(11-15)20-13-7-6-8-14(9-13)21-17(3,4)18/h5-9,15-16H,1-2,10-11H2,3-4H3. The smallest absolute Gasteiger partial charge is 0.242 e. The van der Waals surface area contributed by atoms with Crippen LogP contribution in [0.2, 0.25) is 0 Å². The Balaban J connectivity index is 1.83. The molecule has 114 valence electrons. The number of halogens is 1. The molecule has 0 saturated heterocycles. The summed E-state index contributed by atoms with van der Waals surface area (Å²) in [5.74, 6) is -0.00653. The minimum atomic E-state index is -1.71. The van der Waals surface area contributed by atoms with Crippen molar-refractivity contribution < 1.29 is 18.6 Å². The molecule has 0 aromatic heterocycles. The molecule has 2 rings (SSSR count). The molecule has 0 N–H and O–H groups in total. The highest BCUT2D eigenvalue weighted by Crippen LogP contribution is 2.31. The van der Waals surface area contributed by atoms with Crippen LogP contribution in [-0.4, -0.2) is 18.1 Å². The monoisotopic (exact) mass is 292 g/mol. The van der Waals surface area contributed by atoms with Gasteiger partial charge >= 0.3 is 0 Å². The van der Waals surface area contributed by atoms with Gasteiger partial charge < -0.3 is 14.2 Å². The van der Waals surface area contributed by atoms with Gasteiger partial charge in [0.05, 0.1) is 0 Å².